The number of unbranched alkanes of at least 4 members (excludes halogenated alkanes) is 1. The van der Waals surface area contributed by atoms with Gasteiger partial charge in [-0.05, 0) is 12.8 Å². The molecule has 0 unspecified atom stereocenters. The van der Waals surface area contributed by atoms with E-state index in [0.717, 1.165) is 20.8 Å². The van der Waals surface area contributed by atoms with Crippen molar-refractivity contribution in [3.05, 3.63) is 0 Å². The molecule has 0 aromatic rings. The number of aliphatic carboxylic acids is 1. The van der Waals surface area contributed by atoms with Crippen LogP contribution in [-0.4, -0.2) is 78.9 Å². The average Bonchev–Trinajstić information content (AvgIpc) is 2.62. The number of ether oxygens (including phenoxy) is 6. The predicted molar refractivity (Wildman–Crippen MR) is 99.4 cm³/mol. The first-order chi connectivity index (χ1) is 14.5. The molecule has 0 aromatic carbocycles. The zero-order valence-electron chi connectivity index (χ0n) is 17.9. The van der Waals surface area contributed by atoms with Crippen molar-refractivity contribution in [1.29, 1.82) is 0 Å². The summed E-state index contributed by atoms with van der Waals surface area (Å²) in [4.78, 5) is 56.8. The van der Waals surface area contributed by atoms with Crippen molar-refractivity contribution < 1.29 is 57.5 Å². The fraction of sp³-hybridized carbons (Fsp3) is 0.737. The van der Waals surface area contributed by atoms with Crippen LogP contribution in [0.4, 0.5) is 0 Å². The molecule has 1 heterocycles. The van der Waals surface area contributed by atoms with Gasteiger partial charge in [0.15, 0.2) is 24.6 Å². The van der Waals surface area contributed by atoms with Crippen LogP contribution >= 0.6 is 0 Å². The van der Waals surface area contributed by atoms with Gasteiger partial charge in [0.25, 0.3) is 0 Å². The Morgan fingerprint density at radius 1 is 0.774 bits per heavy atom. The lowest BCUT2D eigenvalue weighted by Crippen LogP contribution is -2.63. The number of carbonyl (C=O) groups excluding carboxylic acids is 4. The molecule has 0 amide bonds. The van der Waals surface area contributed by atoms with Crippen LogP contribution in [0.25, 0.3) is 0 Å². The summed E-state index contributed by atoms with van der Waals surface area (Å²) in [5.74, 6) is -3.78. The summed E-state index contributed by atoms with van der Waals surface area (Å²) in [6.45, 7) is 4.23. The highest BCUT2D eigenvalue weighted by Gasteiger charge is 2.52. The Labute approximate surface area is 179 Å². The van der Waals surface area contributed by atoms with Crippen LogP contribution in [0.1, 0.15) is 47.0 Å². The van der Waals surface area contributed by atoms with Gasteiger partial charge in [-0.25, -0.2) is 0 Å². The van der Waals surface area contributed by atoms with Gasteiger partial charge in [0.2, 0.25) is 0 Å². The smallest absolute Gasteiger partial charge is 0.303 e. The predicted octanol–water partition coefficient (Wildman–Crippen LogP) is 0.341. The molecule has 1 fully saturated rings. The van der Waals surface area contributed by atoms with Crippen molar-refractivity contribution in [2.75, 3.05) is 13.2 Å². The molecule has 176 valence electrons. The Balaban J connectivity index is 3.11. The number of carboxylic acids is 1. The van der Waals surface area contributed by atoms with E-state index in [0.29, 0.717) is 12.8 Å². The number of carboxylic acid groups (broad SMARTS) is 1. The summed E-state index contributed by atoms with van der Waals surface area (Å²) >= 11 is 0. The van der Waals surface area contributed by atoms with E-state index in [1.807, 2.05) is 0 Å². The number of esters is 4. The molecule has 1 saturated heterocycles. The van der Waals surface area contributed by atoms with Gasteiger partial charge in [-0.15, -0.1) is 0 Å². The fourth-order valence-electron chi connectivity index (χ4n) is 2.90. The van der Waals surface area contributed by atoms with Crippen molar-refractivity contribution in [1.82, 2.24) is 0 Å². The van der Waals surface area contributed by atoms with Gasteiger partial charge in [-0.2, -0.15) is 0 Å². The van der Waals surface area contributed by atoms with Crippen molar-refractivity contribution in [2.45, 2.75) is 77.7 Å². The lowest BCUT2D eigenvalue weighted by Gasteiger charge is -2.44. The summed E-state index contributed by atoms with van der Waals surface area (Å²) in [5.41, 5.74) is 0. The summed E-state index contributed by atoms with van der Waals surface area (Å²) < 4.78 is 32.1. The third kappa shape index (κ3) is 9.75. The van der Waals surface area contributed by atoms with E-state index < -0.39 is 60.6 Å². The molecule has 1 rings (SSSR count). The molecule has 12 heteroatoms. The lowest BCUT2D eigenvalue weighted by atomic mass is 9.98. The van der Waals surface area contributed by atoms with Crippen LogP contribution < -0.4 is 0 Å². The van der Waals surface area contributed by atoms with Gasteiger partial charge in [0.05, 0.1) is 0 Å². The summed E-state index contributed by atoms with van der Waals surface area (Å²) in [7, 11) is 0. The molecule has 5 atom stereocenters. The third-order valence-electron chi connectivity index (χ3n) is 4.02. The highest BCUT2D eigenvalue weighted by Crippen LogP contribution is 2.30. The van der Waals surface area contributed by atoms with Crippen LogP contribution in [-0.2, 0) is 52.4 Å². The van der Waals surface area contributed by atoms with Crippen molar-refractivity contribution in [2.24, 2.45) is 0 Å². The minimum atomic E-state index is -1.30. The van der Waals surface area contributed by atoms with Crippen molar-refractivity contribution >= 4 is 29.8 Å². The SMILES string of the molecule is CC(=O)OC[C@H]1O[C@H](OCCCCC(=O)O)[C@H](OC(C)=O)[C@@H](OC(C)=O)[C@@H]1OC(C)=O. The first-order valence-corrected chi connectivity index (χ1v) is 9.65. The molecule has 31 heavy (non-hydrogen) atoms. The summed E-state index contributed by atoms with van der Waals surface area (Å²) in [6, 6.07) is 0. The largest absolute Gasteiger partial charge is 0.481 e. The first kappa shape index (κ1) is 26.3. The van der Waals surface area contributed by atoms with E-state index in [4.69, 9.17) is 33.5 Å². The number of rotatable bonds is 11. The van der Waals surface area contributed by atoms with Gasteiger partial charge in [0.1, 0.15) is 12.7 Å². The summed E-state index contributed by atoms with van der Waals surface area (Å²) in [6.07, 6.45) is -5.56. The Morgan fingerprint density at radius 2 is 1.32 bits per heavy atom. The van der Waals surface area contributed by atoms with Gasteiger partial charge in [-0.1, -0.05) is 0 Å². The zero-order valence-corrected chi connectivity index (χ0v) is 17.9. The van der Waals surface area contributed by atoms with E-state index in [2.05, 4.69) is 0 Å². The molecular weight excluding hydrogens is 420 g/mol. The topological polar surface area (TPSA) is 161 Å². The van der Waals surface area contributed by atoms with E-state index in [9.17, 15) is 24.0 Å². The van der Waals surface area contributed by atoms with Crippen LogP contribution in [0.5, 0.6) is 0 Å². The maximum atomic E-state index is 11.7. The molecule has 12 nitrogen and oxygen atoms in total. The van der Waals surface area contributed by atoms with E-state index >= 15 is 0 Å². The quantitative estimate of drug-likeness (QED) is 0.262. The molecule has 1 aliphatic rings. The molecule has 0 spiro atoms. The lowest BCUT2D eigenvalue weighted by molar-refractivity contribution is -0.308. The van der Waals surface area contributed by atoms with Gasteiger partial charge < -0.3 is 33.5 Å². The van der Waals surface area contributed by atoms with E-state index in [1.165, 1.54) is 6.92 Å². The molecule has 0 bridgehead atoms. The Hall–Kier alpha value is -2.73. The van der Waals surface area contributed by atoms with E-state index in [-0.39, 0.29) is 19.6 Å². The van der Waals surface area contributed by atoms with Crippen LogP contribution in [0.3, 0.4) is 0 Å². The fourth-order valence-corrected chi connectivity index (χ4v) is 2.90. The maximum Gasteiger partial charge on any atom is 0.303 e. The van der Waals surface area contributed by atoms with Crippen LogP contribution in [0.15, 0.2) is 0 Å². The molecule has 0 aromatic heterocycles. The first-order valence-electron chi connectivity index (χ1n) is 9.65. The maximum absolute atomic E-state index is 11.7. The second kappa shape index (κ2) is 12.8. The van der Waals surface area contributed by atoms with Crippen LogP contribution in [0.2, 0.25) is 0 Å². The third-order valence-corrected chi connectivity index (χ3v) is 4.02. The molecular formula is C19H28O12. The monoisotopic (exact) mass is 448 g/mol. The molecule has 0 radical (unpaired) electrons. The average molecular weight is 448 g/mol. The highest BCUT2D eigenvalue weighted by atomic mass is 16.7. The van der Waals surface area contributed by atoms with Crippen molar-refractivity contribution in [3.8, 4) is 0 Å². The second-order valence-corrected chi connectivity index (χ2v) is 6.79. The number of hydrogen-bond donors (Lipinski definition) is 1. The highest BCUT2D eigenvalue weighted by molar-refractivity contribution is 5.68. The van der Waals surface area contributed by atoms with Gasteiger partial charge >= 0.3 is 29.8 Å². The Kier molecular flexibility index (Phi) is 10.9. The molecule has 1 aliphatic heterocycles. The van der Waals surface area contributed by atoms with Gasteiger partial charge in [0, 0.05) is 40.7 Å². The van der Waals surface area contributed by atoms with Gasteiger partial charge in [-0.3, -0.25) is 24.0 Å². The number of hydrogen-bond acceptors (Lipinski definition) is 11. The molecule has 1 N–H and O–H groups in total. The second-order valence-electron chi connectivity index (χ2n) is 6.79. The zero-order chi connectivity index (χ0) is 23.6. The Morgan fingerprint density at radius 3 is 1.84 bits per heavy atom. The number of carbonyl (C=O) groups is 5. The van der Waals surface area contributed by atoms with Crippen LogP contribution in [0, 0.1) is 0 Å². The van der Waals surface area contributed by atoms with E-state index in [1.54, 1.807) is 0 Å². The minimum absolute atomic E-state index is 0.0427. The Bertz CT molecular complexity index is 660. The molecule has 0 aliphatic carbocycles. The standard InChI is InChI=1S/C19H28O12/c1-10(20)27-9-14-16(28-11(2)21)17(29-12(3)22)18(30-13(4)23)19(31-14)26-8-6-5-7-15(24)25/h14,16-19H,5-9H2,1-4H3,(H,24,25)/t14-,16-,17+,18-,19+/m1/s1. The minimum Gasteiger partial charge on any atom is -0.481 e. The summed E-state index contributed by atoms with van der Waals surface area (Å²) in [5, 5.41) is 8.71. The normalized spacial score (nSPS) is 25.2. The molecule has 0 saturated carbocycles. The van der Waals surface area contributed by atoms with Crippen molar-refractivity contribution in [3.63, 3.8) is 0 Å².